The first-order valence-corrected chi connectivity index (χ1v) is 12.5. The number of nitrogens with one attached hydrogen (secondary N) is 1. The zero-order valence-electron chi connectivity index (χ0n) is 19.7. The Morgan fingerprint density at radius 2 is 1.86 bits per heavy atom. The van der Waals surface area contributed by atoms with Crippen molar-refractivity contribution in [3.63, 3.8) is 0 Å². The maximum atomic E-state index is 13.2. The Balaban J connectivity index is 1.38. The lowest BCUT2D eigenvalue weighted by molar-refractivity contribution is -0.116. The summed E-state index contributed by atoms with van der Waals surface area (Å²) in [6, 6.07) is 18.7. The lowest BCUT2D eigenvalue weighted by Gasteiger charge is -2.29. The normalized spacial score (nSPS) is 12.8. The maximum absolute atomic E-state index is 13.2. The van der Waals surface area contributed by atoms with Gasteiger partial charge >= 0.3 is 0 Å². The molecule has 0 fully saturated rings. The lowest BCUT2D eigenvalue weighted by Crippen LogP contribution is -2.36. The van der Waals surface area contributed by atoms with Crippen LogP contribution in [0.4, 0.5) is 5.69 Å². The molecule has 0 unspecified atom stereocenters. The summed E-state index contributed by atoms with van der Waals surface area (Å²) in [6.07, 6.45) is 3.35. The molecule has 0 spiro atoms. The minimum absolute atomic E-state index is 0.00870. The number of carbonyl (C=O) groups is 2. The number of thioether (sulfide) groups is 1. The minimum Gasteiger partial charge on any atom is -0.495 e. The Kier molecular flexibility index (Phi) is 7.03. The molecule has 0 bridgehead atoms. The van der Waals surface area contributed by atoms with Crippen LogP contribution < -0.4 is 15.0 Å². The number of benzene rings is 2. The highest BCUT2D eigenvalue weighted by Crippen LogP contribution is 2.31. The van der Waals surface area contributed by atoms with Gasteiger partial charge in [0.05, 0.1) is 31.4 Å². The van der Waals surface area contributed by atoms with Gasteiger partial charge < -0.3 is 19.4 Å². The molecule has 4 aromatic rings. The predicted molar refractivity (Wildman–Crippen MR) is 136 cm³/mol. The number of fused-ring (bicyclic) bond motifs is 1. The number of aromatic nitrogens is 3. The monoisotopic (exact) mass is 503 g/mol. The second kappa shape index (κ2) is 10.7. The summed E-state index contributed by atoms with van der Waals surface area (Å²) in [6.45, 7) is 0.804. The van der Waals surface area contributed by atoms with Gasteiger partial charge in [-0.25, -0.2) is 0 Å². The van der Waals surface area contributed by atoms with Gasteiger partial charge in [0.15, 0.2) is 16.7 Å². The second-order valence-corrected chi connectivity index (χ2v) is 9.07. The summed E-state index contributed by atoms with van der Waals surface area (Å²) in [5.74, 6) is 1.17. The van der Waals surface area contributed by atoms with Crippen molar-refractivity contribution in [3.8, 4) is 11.4 Å². The first-order valence-electron chi connectivity index (χ1n) is 11.6. The van der Waals surface area contributed by atoms with Gasteiger partial charge in [-0.1, -0.05) is 42.1 Å². The van der Waals surface area contributed by atoms with Crippen molar-refractivity contribution in [2.45, 2.75) is 24.5 Å². The van der Waals surface area contributed by atoms with E-state index in [4.69, 9.17) is 9.15 Å². The number of ether oxygens (including phenoxy) is 1. The molecule has 36 heavy (non-hydrogen) atoms. The number of aryl methyl sites for hydroxylation is 1. The number of nitrogens with zero attached hydrogens (tertiary/aromatic N) is 4. The van der Waals surface area contributed by atoms with Crippen molar-refractivity contribution in [3.05, 3.63) is 84.1 Å². The van der Waals surface area contributed by atoms with E-state index < -0.39 is 0 Å². The van der Waals surface area contributed by atoms with Crippen LogP contribution in [0.25, 0.3) is 5.69 Å². The van der Waals surface area contributed by atoms with Crippen LogP contribution in [-0.2, 0) is 17.8 Å². The molecule has 1 aliphatic heterocycles. The van der Waals surface area contributed by atoms with E-state index in [0.717, 1.165) is 18.5 Å². The van der Waals surface area contributed by atoms with E-state index in [1.165, 1.54) is 23.6 Å². The first kappa shape index (κ1) is 23.7. The fourth-order valence-electron chi connectivity index (χ4n) is 4.22. The number of anilines is 1. The summed E-state index contributed by atoms with van der Waals surface area (Å²) in [5, 5.41) is 12.0. The fraction of sp³-hybridized carbons (Fsp3) is 0.231. The molecular formula is C26H25N5O4S. The number of methoxy groups -OCH3 is 1. The Morgan fingerprint density at radius 1 is 1.06 bits per heavy atom. The molecule has 0 aliphatic carbocycles. The smallest absolute Gasteiger partial charge is 0.287 e. The molecule has 1 aliphatic rings. The quantitative estimate of drug-likeness (QED) is 0.364. The fourth-order valence-corrected chi connectivity index (χ4v) is 5.06. The molecular weight excluding hydrogens is 478 g/mol. The van der Waals surface area contributed by atoms with Crippen LogP contribution in [0.5, 0.6) is 5.75 Å². The number of hydrogen-bond donors (Lipinski definition) is 1. The van der Waals surface area contributed by atoms with Crippen molar-refractivity contribution in [1.82, 2.24) is 20.1 Å². The van der Waals surface area contributed by atoms with Crippen LogP contribution in [0.3, 0.4) is 0 Å². The van der Waals surface area contributed by atoms with Crippen molar-refractivity contribution >= 4 is 29.3 Å². The standard InChI is InChI=1S/C26H25N5O4S/c1-34-21-12-5-4-11-20(21)31-23(16-27-25(33)22-13-7-15-35-22)28-29-26(31)36-17-24(32)30-14-6-9-18-8-2-3-10-19(18)30/h2-5,7-8,10-13,15H,6,9,14,16-17H2,1H3,(H,27,33). The molecule has 2 amide bonds. The summed E-state index contributed by atoms with van der Waals surface area (Å²) in [7, 11) is 1.59. The number of furan rings is 1. The Hall–Kier alpha value is -4.05. The Morgan fingerprint density at radius 3 is 2.67 bits per heavy atom. The SMILES string of the molecule is COc1ccccc1-n1c(CNC(=O)c2ccco2)nnc1SCC(=O)N1CCCc2ccccc21. The van der Waals surface area contributed by atoms with E-state index in [0.29, 0.717) is 29.0 Å². The van der Waals surface area contributed by atoms with Crippen LogP contribution in [0.15, 0.2) is 76.5 Å². The molecule has 2 aromatic carbocycles. The number of hydrogen-bond acceptors (Lipinski definition) is 7. The van der Waals surface area contributed by atoms with Crippen LogP contribution in [-0.4, -0.2) is 46.0 Å². The topological polar surface area (TPSA) is 102 Å². The highest BCUT2D eigenvalue weighted by atomic mass is 32.2. The van der Waals surface area contributed by atoms with Crippen molar-refractivity contribution < 1.29 is 18.7 Å². The Labute approximate surface area is 212 Å². The van der Waals surface area contributed by atoms with Gasteiger partial charge in [-0.3, -0.25) is 14.2 Å². The molecule has 184 valence electrons. The van der Waals surface area contributed by atoms with E-state index >= 15 is 0 Å². The van der Waals surface area contributed by atoms with Gasteiger partial charge in [0.2, 0.25) is 5.91 Å². The average Bonchev–Trinajstić information content (AvgIpc) is 3.60. The Bertz CT molecular complexity index is 1370. The second-order valence-electron chi connectivity index (χ2n) is 8.13. The molecule has 5 rings (SSSR count). The molecule has 0 radical (unpaired) electrons. The molecule has 1 N–H and O–H groups in total. The van der Waals surface area contributed by atoms with Crippen LogP contribution >= 0.6 is 11.8 Å². The molecule has 0 saturated carbocycles. The van der Waals surface area contributed by atoms with Crippen molar-refractivity contribution in [2.24, 2.45) is 0 Å². The predicted octanol–water partition coefficient (Wildman–Crippen LogP) is 3.87. The highest BCUT2D eigenvalue weighted by Gasteiger charge is 2.24. The number of para-hydroxylation sites is 3. The number of carbonyl (C=O) groups excluding carboxylic acids is 2. The summed E-state index contributed by atoms with van der Waals surface area (Å²) in [4.78, 5) is 27.5. The van der Waals surface area contributed by atoms with Gasteiger partial charge in [0.25, 0.3) is 5.91 Å². The molecule has 10 heteroatoms. The van der Waals surface area contributed by atoms with Gasteiger partial charge in [0, 0.05) is 12.2 Å². The summed E-state index contributed by atoms with van der Waals surface area (Å²) in [5.41, 5.74) is 2.88. The summed E-state index contributed by atoms with van der Waals surface area (Å²) >= 11 is 1.30. The highest BCUT2D eigenvalue weighted by molar-refractivity contribution is 7.99. The summed E-state index contributed by atoms with van der Waals surface area (Å²) < 4.78 is 12.5. The average molecular weight is 504 g/mol. The third-order valence-corrected chi connectivity index (χ3v) is 6.83. The zero-order valence-corrected chi connectivity index (χ0v) is 20.5. The maximum Gasteiger partial charge on any atom is 0.287 e. The molecule has 9 nitrogen and oxygen atoms in total. The van der Waals surface area contributed by atoms with Crippen LogP contribution in [0.2, 0.25) is 0 Å². The van der Waals surface area contributed by atoms with E-state index in [1.807, 2.05) is 51.9 Å². The van der Waals surface area contributed by atoms with E-state index in [-0.39, 0.29) is 29.9 Å². The van der Waals surface area contributed by atoms with Gasteiger partial charge in [-0.05, 0) is 48.7 Å². The largest absolute Gasteiger partial charge is 0.495 e. The van der Waals surface area contributed by atoms with E-state index in [9.17, 15) is 9.59 Å². The molecule has 0 saturated heterocycles. The van der Waals surface area contributed by atoms with Gasteiger partial charge in [-0.2, -0.15) is 0 Å². The number of amides is 2. The van der Waals surface area contributed by atoms with Crippen molar-refractivity contribution in [2.75, 3.05) is 24.3 Å². The van der Waals surface area contributed by atoms with E-state index in [1.54, 1.807) is 19.2 Å². The third kappa shape index (κ3) is 4.85. The minimum atomic E-state index is -0.359. The van der Waals surface area contributed by atoms with E-state index in [2.05, 4.69) is 21.6 Å². The lowest BCUT2D eigenvalue weighted by atomic mass is 10.0. The van der Waals surface area contributed by atoms with Crippen LogP contribution in [0.1, 0.15) is 28.4 Å². The van der Waals surface area contributed by atoms with Crippen LogP contribution in [0, 0.1) is 0 Å². The third-order valence-electron chi connectivity index (χ3n) is 5.91. The van der Waals surface area contributed by atoms with Gasteiger partial charge in [-0.15, -0.1) is 10.2 Å². The zero-order chi connectivity index (χ0) is 24.9. The molecule has 2 aromatic heterocycles. The van der Waals surface area contributed by atoms with Crippen molar-refractivity contribution in [1.29, 1.82) is 0 Å². The molecule has 0 atom stereocenters. The number of rotatable bonds is 8. The first-order chi connectivity index (χ1) is 17.7. The molecule has 3 heterocycles. The van der Waals surface area contributed by atoms with Gasteiger partial charge in [0.1, 0.15) is 5.75 Å².